The van der Waals surface area contributed by atoms with Crippen LogP contribution in [0.3, 0.4) is 0 Å². The van der Waals surface area contributed by atoms with E-state index in [0.29, 0.717) is 0 Å². The second-order valence-electron chi connectivity index (χ2n) is 2.77. The first-order valence-corrected chi connectivity index (χ1v) is 4.07. The molecule has 0 radical (unpaired) electrons. The maximum Gasteiger partial charge on any atom is 0.416 e. The number of hydrogen-bond donors (Lipinski definition) is 2. The van der Waals surface area contributed by atoms with Crippen LogP contribution in [0, 0.1) is 11.5 Å². The van der Waals surface area contributed by atoms with Crippen LogP contribution < -0.4 is 10.6 Å². The Morgan fingerprint density at radius 2 is 1.81 bits per heavy atom. The Hall–Kier alpha value is -2.23. The number of nitrogens with zero attached hydrogens (tertiary/aromatic N) is 1. The van der Waals surface area contributed by atoms with Crippen molar-refractivity contribution in [3.8, 4) is 6.19 Å². The Labute approximate surface area is 88.7 Å². The number of amides is 2. The van der Waals surface area contributed by atoms with Gasteiger partial charge in [-0.2, -0.15) is 18.4 Å². The largest absolute Gasteiger partial charge is 0.416 e. The number of alkyl halides is 3. The van der Waals surface area contributed by atoms with Crippen molar-refractivity contribution in [3.63, 3.8) is 0 Å². The molecule has 0 unspecified atom stereocenters. The summed E-state index contributed by atoms with van der Waals surface area (Å²) in [5, 5.41) is 12.0. The molecular weight excluding hydrogens is 223 g/mol. The number of anilines is 1. The highest BCUT2D eigenvalue weighted by Gasteiger charge is 2.29. The van der Waals surface area contributed by atoms with Gasteiger partial charge in [0.1, 0.15) is 0 Å². The molecule has 0 heterocycles. The molecule has 2 N–H and O–H groups in total. The van der Waals surface area contributed by atoms with Gasteiger partial charge in [-0.15, -0.1) is 0 Å². The van der Waals surface area contributed by atoms with Gasteiger partial charge in [0.15, 0.2) is 6.19 Å². The smallest absolute Gasteiger partial charge is 0.307 e. The zero-order valence-electron chi connectivity index (χ0n) is 7.80. The number of carbonyl (C=O) groups excluding carboxylic acids is 1. The van der Waals surface area contributed by atoms with Gasteiger partial charge in [-0.05, 0) is 24.3 Å². The number of nitriles is 1. The van der Waals surface area contributed by atoms with Gasteiger partial charge in [0, 0.05) is 5.69 Å². The minimum absolute atomic E-state index is 0.167. The molecule has 84 valence electrons. The summed E-state index contributed by atoms with van der Waals surface area (Å²) in [6, 6.07) is 3.06. The molecule has 0 bridgehead atoms. The molecule has 0 aliphatic heterocycles. The number of nitrogens with one attached hydrogen (secondary N) is 2. The lowest BCUT2D eigenvalue weighted by atomic mass is 10.2. The van der Waals surface area contributed by atoms with E-state index in [4.69, 9.17) is 5.26 Å². The molecule has 1 aromatic rings. The highest BCUT2D eigenvalue weighted by Crippen LogP contribution is 2.29. The summed E-state index contributed by atoms with van der Waals surface area (Å²) in [4.78, 5) is 10.8. The van der Waals surface area contributed by atoms with Crippen LogP contribution >= 0.6 is 0 Å². The molecule has 0 saturated heterocycles. The second-order valence-corrected chi connectivity index (χ2v) is 2.77. The van der Waals surface area contributed by atoms with Crippen molar-refractivity contribution in [2.75, 3.05) is 5.32 Å². The first-order valence-electron chi connectivity index (χ1n) is 4.07. The molecule has 0 aliphatic rings. The molecule has 2 amide bonds. The highest BCUT2D eigenvalue weighted by molar-refractivity contribution is 5.90. The lowest BCUT2D eigenvalue weighted by Gasteiger charge is -2.07. The average Bonchev–Trinajstić information content (AvgIpc) is 2.17. The molecule has 1 rings (SSSR count). The van der Waals surface area contributed by atoms with E-state index in [1.54, 1.807) is 5.32 Å². The summed E-state index contributed by atoms with van der Waals surface area (Å²) >= 11 is 0. The molecule has 0 aromatic heterocycles. The van der Waals surface area contributed by atoms with E-state index < -0.39 is 17.8 Å². The van der Waals surface area contributed by atoms with Gasteiger partial charge >= 0.3 is 12.2 Å². The standard InChI is InChI=1S/C9H6F3N3O/c10-9(11,12)6-1-3-7(4-2-6)15-8(16)14-5-13/h1-4H,(H2,14,15,16). The minimum Gasteiger partial charge on any atom is -0.307 e. The molecule has 0 aliphatic carbocycles. The summed E-state index contributed by atoms with van der Waals surface area (Å²) in [7, 11) is 0. The maximum atomic E-state index is 12.2. The molecule has 0 saturated carbocycles. The number of halogens is 3. The van der Waals surface area contributed by atoms with E-state index in [9.17, 15) is 18.0 Å². The third kappa shape index (κ3) is 3.16. The van der Waals surface area contributed by atoms with Gasteiger partial charge < -0.3 is 5.32 Å². The summed E-state index contributed by atoms with van der Waals surface area (Å²) in [6.45, 7) is 0. The van der Waals surface area contributed by atoms with Gasteiger partial charge in [-0.3, -0.25) is 0 Å². The van der Waals surface area contributed by atoms with Crippen LogP contribution in [0.4, 0.5) is 23.7 Å². The topological polar surface area (TPSA) is 64.9 Å². The van der Waals surface area contributed by atoms with Gasteiger partial charge in [0.25, 0.3) is 0 Å². The van der Waals surface area contributed by atoms with Crippen molar-refractivity contribution in [2.45, 2.75) is 6.18 Å². The minimum atomic E-state index is -4.41. The molecular formula is C9H6F3N3O. The molecule has 0 atom stereocenters. The van der Waals surface area contributed by atoms with E-state index in [1.165, 1.54) is 6.19 Å². The molecule has 4 nitrogen and oxygen atoms in total. The highest BCUT2D eigenvalue weighted by atomic mass is 19.4. The van der Waals surface area contributed by atoms with Crippen LogP contribution in [0.15, 0.2) is 24.3 Å². The van der Waals surface area contributed by atoms with Crippen LogP contribution in [-0.2, 0) is 6.18 Å². The molecule has 0 fully saturated rings. The van der Waals surface area contributed by atoms with Crippen LogP contribution in [0.1, 0.15) is 5.56 Å². The SMILES string of the molecule is N#CNC(=O)Nc1ccc(C(F)(F)F)cc1. The fraction of sp³-hybridized carbons (Fsp3) is 0.111. The van der Waals surface area contributed by atoms with Gasteiger partial charge in [-0.25, -0.2) is 10.1 Å². The van der Waals surface area contributed by atoms with Crippen LogP contribution in [-0.4, -0.2) is 6.03 Å². The van der Waals surface area contributed by atoms with Crippen molar-refractivity contribution in [1.29, 1.82) is 5.26 Å². The normalized spacial score (nSPS) is 10.4. The zero-order valence-corrected chi connectivity index (χ0v) is 7.80. The number of carbonyl (C=O) groups is 1. The van der Waals surface area contributed by atoms with Crippen molar-refractivity contribution in [1.82, 2.24) is 5.32 Å². The lowest BCUT2D eigenvalue weighted by molar-refractivity contribution is -0.137. The quantitative estimate of drug-likeness (QED) is 0.573. The number of benzene rings is 1. The molecule has 0 spiro atoms. The summed E-state index contributed by atoms with van der Waals surface area (Å²) in [5.41, 5.74) is -0.639. The second kappa shape index (κ2) is 4.53. The van der Waals surface area contributed by atoms with E-state index in [0.717, 1.165) is 24.3 Å². The van der Waals surface area contributed by atoms with Crippen LogP contribution in [0.5, 0.6) is 0 Å². The van der Waals surface area contributed by atoms with Crippen molar-refractivity contribution in [3.05, 3.63) is 29.8 Å². The Morgan fingerprint density at radius 1 is 1.25 bits per heavy atom. The Balaban J connectivity index is 2.73. The van der Waals surface area contributed by atoms with Crippen molar-refractivity contribution >= 4 is 11.7 Å². The summed E-state index contributed by atoms with van der Waals surface area (Å²) < 4.78 is 36.5. The third-order valence-corrected chi connectivity index (χ3v) is 1.64. The predicted molar refractivity (Wildman–Crippen MR) is 49.2 cm³/mol. The molecule has 16 heavy (non-hydrogen) atoms. The first-order chi connectivity index (χ1) is 7.43. The Kier molecular flexibility index (Phi) is 3.35. The van der Waals surface area contributed by atoms with E-state index in [2.05, 4.69) is 5.32 Å². The van der Waals surface area contributed by atoms with Gasteiger partial charge in [-0.1, -0.05) is 0 Å². The average molecular weight is 229 g/mol. The van der Waals surface area contributed by atoms with Gasteiger partial charge in [0.2, 0.25) is 0 Å². The monoisotopic (exact) mass is 229 g/mol. The predicted octanol–water partition coefficient (Wildman–Crippen LogP) is 2.31. The summed E-state index contributed by atoms with van der Waals surface area (Å²) in [5.74, 6) is 0. The lowest BCUT2D eigenvalue weighted by Crippen LogP contribution is -2.24. The molecule has 1 aromatic carbocycles. The van der Waals surface area contributed by atoms with E-state index in [-0.39, 0.29) is 5.69 Å². The zero-order chi connectivity index (χ0) is 12.2. The Morgan fingerprint density at radius 3 is 2.25 bits per heavy atom. The van der Waals surface area contributed by atoms with Gasteiger partial charge in [0.05, 0.1) is 5.56 Å². The number of rotatable bonds is 1. The Bertz CT molecular complexity index is 419. The summed E-state index contributed by atoms with van der Waals surface area (Å²) in [6.07, 6.45) is -3.03. The van der Waals surface area contributed by atoms with E-state index in [1.807, 2.05) is 0 Å². The fourth-order valence-corrected chi connectivity index (χ4v) is 0.956. The number of hydrogen-bond acceptors (Lipinski definition) is 2. The van der Waals surface area contributed by atoms with Crippen LogP contribution in [0.2, 0.25) is 0 Å². The number of urea groups is 1. The molecule has 7 heteroatoms. The van der Waals surface area contributed by atoms with Crippen molar-refractivity contribution < 1.29 is 18.0 Å². The fourth-order valence-electron chi connectivity index (χ4n) is 0.956. The van der Waals surface area contributed by atoms with Crippen LogP contribution in [0.25, 0.3) is 0 Å². The maximum absolute atomic E-state index is 12.2. The first kappa shape index (κ1) is 11.8. The third-order valence-electron chi connectivity index (χ3n) is 1.64. The van der Waals surface area contributed by atoms with Crippen molar-refractivity contribution in [2.24, 2.45) is 0 Å². The van der Waals surface area contributed by atoms with E-state index >= 15 is 0 Å².